The molecule has 1 saturated carbocycles. The third kappa shape index (κ3) is 3.74. The number of carboxylic acids is 1. The van der Waals surface area contributed by atoms with Crippen LogP contribution in [0.3, 0.4) is 0 Å². The van der Waals surface area contributed by atoms with E-state index in [1.54, 1.807) is 0 Å². The lowest BCUT2D eigenvalue weighted by Gasteiger charge is -2.43. The van der Waals surface area contributed by atoms with Crippen LogP contribution in [0.5, 0.6) is 0 Å². The first-order chi connectivity index (χ1) is 12.7. The zero-order valence-corrected chi connectivity index (χ0v) is 15.2. The van der Waals surface area contributed by atoms with Crippen LogP contribution in [0.1, 0.15) is 31.2 Å². The maximum atomic E-state index is 11.6. The normalized spacial score (nSPS) is 25.4. The lowest BCUT2D eigenvalue weighted by Crippen LogP contribution is -2.54. The quantitative estimate of drug-likeness (QED) is 0.916. The number of nitrogens with zero attached hydrogens (tertiary/aromatic N) is 2. The summed E-state index contributed by atoms with van der Waals surface area (Å²) in [4.78, 5) is 19.9. The van der Waals surface area contributed by atoms with Gasteiger partial charge in [-0.25, -0.2) is 4.98 Å². The Hall–Kier alpha value is -1.98. The molecule has 26 heavy (non-hydrogen) atoms. The van der Waals surface area contributed by atoms with Crippen molar-refractivity contribution >= 4 is 16.9 Å². The van der Waals surface area contributed by atoms with Gasteiger partial charge in [0.15, 0.2) is 6.20 Å². The molecule has 1 aliphatic carbocycles. The molecule has 0 amide bonds. The van der Waals surface area contributed by atoms with Crippen LogP contribution in [0.2, 0.25) is 0 Å². The van der Waals surface area contributed by atoms with Crippen LogP contribution in [0, 0.1) is 5.92 Å². The van der Waals surface area contributed by atoms with Gasteiger partial charge >= 0.3 is 5.97 Å². The van der Waals surface area contributed by atoms with Crippen molar-refractivity contribution in [2.45, 2.75) is 38.3 Å². The van der Waals surface area contributed by atoms with Gasteiger partial charge in [-0.15, -0.1) is 0 Å². The topological polar surface area (TPSA) is 57.9 Å². The summed E-state index contributed by atoms with van der Waals surface area (Å²) in [6, 6.07) is 10.9. The van der Waals surface area contributed by atoms with E-state index in [1.807, 2.05) is 6.07 Å². The largest absolute Gasteiger partial charge is 0.481 e. The molecule has 138 valence electrons. The smallest absolute Gasteiger partial charge is 0.308 e. The van der Waals surface area contributed by atoms with Gasteiger partial charge in [0.05, 0.1) is 5.92 Å². The molecular weight excluding hydrogens is 326 g/mol. The molecule has 4 rings (SSSR count). The predicted molar refractivity (Wildman–Crippen MR) is 101 cm³/mol. The van der Waals surface area contributed by atoms with Gasteiger partial charge in [-0.05, 0) is 25.0 Å². The molecule has 0 bridgehead atoms. The minimum absolute atomic E-state index is 0.176. The van der Waals surface area contributed by atoms with Crippen LogP contribution < -0.4 is 4.98 Å². The number of para-hydroxylation sites is 1. The first-order valence-electron chi connectivity index (χ1n) is 9.79. The fourth-order valence-electron chi connectivity index (χ4n) is 4.61. The highest BCUT2D eigenvalue weighted by molar-refractivity contribution is 5.75. The molecule has 2 atom stereocenters. The fraction of sp³-hybridized carbons (Fsp3) is 0.524. The number of aliphatic carboxylic acids is 1. The second-order valence-electron chi connectivity index (χ2n) is 7.70. The van der Waals surface area contributed by atoms with Crippen molar-refractivity contribution < 1.29 is 14.9 Å². The maximum absolute atomic E-state index is 11.6. The third-order valence-electron chi connectivity index (χ3n) is 6.04. The monoisotopic (exact) mass is 354 g/mol. The number of carboxylic acid groups (broad SMARTS) is 1. The van der Waals surface area contributed by atoms with E-state index in [-0.39, 0.29) is 12.0 Å². The lowest BCUT2D eigenvalue weighted by atomic mass is 9.83. The molecule has 2 heterocycles. The predicted octanol–water partition coefficient (Wildman–Crippen LogP) is 2.41. The van der Waals surface area contributed by atoms with Crippen LogP contribution in [0.4, 0.5) is 0 Å². The number of hydrogen-bond acceptors (Lipinski definition) is 3. The molecule has 2 fully saturated rings. The number of nitrogens with one attached hydrogen (secondary N) is 1. The number of piperazine rings is 1. The van der Waals surface area contributed by atoms with Crippen molar-refractivity contribution in [3.8, 4) is 0 Å². The van der Waals surface area contributed by atoms with Crippen molar-refractivity contribution in [2.75, 3.05) is 26.2 Å². The van der Waals surface area contributed by atoms with Gasteiger partial charge in [0.25, 0.3) is 0 Å². The molecule has 5 nitrogen and oxygen atoms in total. The number of benzene rings is 1. The number of rotatable bonds is 4. The summed E-state index contributed by atoms with van der Waals surface area (Å²) in [6.45, 7) is 4.92. The molecule has 5 heteroatoms. The standard InChI is InChI=1S/C21H27N3O2/c25-21(26)18-6-2-4-8-20(18)24-11-9-23(10-12-24)15-16-13-17-5-1-3-7-19(17)22-14-16/h1,3,5,7,13-14,18,20H,2,4,6,8-12,15H2,(H,25,26)/p+1/t18-,20-/m1/s1. The third-order valence-corrected chi connectivity index (χ3v) is 6.04. The summed E-state index contributed by atoms with van der Waals surface area (Å²) in [7, 11) is 0. The minimum Gasteiger partial charge on any atom is -0.481 e. The van der Waals surface area contributed by atoms with Gasteiger partial charge in [0.1, 0.15) is 0 Å². The van der Waals surface area contributed by atoms with Gasteiger partial charge in [-0.1, -0.05) is 25.0 Å². The zero-order valence-electron chi connectivity index (χ0n) is 15.2. The van der Waals surface area contributed by atoms with E-state index in [4.69, 9.17) is 0 Å². The maximum Gasteiger partial charge on any atom is 0.308 e. The average molecular weight is 354 g/mol. The Bertz CT molecular complexity index is 771. The molecule has 2 aromatic rings. The Labute approximate surface area is 154 Å². The van der Waals surface area contributed by atoms with E-state index < -0.39 is 5.97 Å². The highest BCUT2D eigenvalue weighted by atomic mass is 16.4. The second-order valence-corrected chi connectivity index (χ2v) is 7.70. The van der Waals surface area contributed by atoms with Crippen LogP contribution in [-0.4, -0.2) is 53.1 Å². The van der Waals surface area contributed by atoms with Crippen LogP contribution in [-0.2, 0) is 11.3 Å². The molecular formula is C21H28N3O2+. The number of hydrogen-bond donors (Lipinski definition) is 1. The van der Waals surface area contributed by atoms with Crippen LogP contribution in [0.15, 0.2) is 36.5 Å². The zero-order chi connectivity index (χ0) is 17.9. The SMILES string of the molecule is O=C(O)[C@@H]1CCCC[C@H]1N1CCN(Cc2c[nH+]c3ccccc3c2)CC1. The number of aromatic amines is 1. The van der Waals surface area contributed by atoms with Crippen LogP contribution >= 0.6 is 0 Å². The van der Waals surface area contributed by atoms with E-state index in [1.165, 1.54) is 17.4 Å². The van der Waals surface area contributed by atoms with Crippen molar-refractivity contribution in [2.24, 2.45) is 5.92 Å². The Morgan fingerprint density at radius 2 is 1.88 bits per heavy atom. The number of carbonyl (C=O) groups is 1. The lowest BCUT2D eigenvalue weighted by molar-refractivity contribution is -0.345. The molecule has 1 saturated heterocycles. The molecule has 1 aromatic carbocycles. The number of fused-ring (bicyclic) bond motifs is 1. The minimum atomic E-state index is -0.608. The first-order valence-corrected chi connectivity index (χ1v) is 9.79. The van der Waals surface area contributed by atoms with Crippen LogP contribution in [0.25, 0.3) is 10.9 Å². The Morgan fingerprint density at radius 3 is 2.69 bits per heavy atom. The van der Waals surface area contributed by atoms with Crippen molar-refractivity contribution in [3.63, 3.8) is 0 Å². The van der Waals surface area contributed by atoms with Gasteiger partial charge in [0, 0.05) is 55.8 Å². The molecule has 0 radical (unpaired) electrons. The molecule has 0 unspecified atom stereocenters. The number of H-pyrrole nitrogens is 1. The molecule has 2 N–H and O–H groups in total. The van der Waals surface area contributed by atoms with Gasteiger partial charge in [-0.3, -0.25) is 14.6 Å². The van der Waals surface area contributed by atoms with E-state index in [0.717, 1.165) is 57.5 Å². The first kappa shape index (κ1) is 17.4. The Kier molecular flexibility index (Phi) is 5.18. The number of pyridine rings is 1. The van der Waals surface area contributed by atoms with Gasteiger partial charge < -0.3 is 5.11 Å². The number of aromatic nitrogens is 1. The fourth-order valence-corrected chi connectivity index (χ4v) is 4.61. The van der Waals surface area contributed by atoms with E-state index in [9.17, 15) is 9.90 Å². The Balaban J connectivity index is 1.36. The summed E-state index contributed by atoms with van der Waals surface area (Å²) < 4.78 is 0. The van der Waals surface area contributed by atoms with Crippen molar-refractivity contribution in [1.29, 1.82) is 0 Å². The summed E-state index contributed by atoms with van der Waals surface area (Å²) in [5.41, 5.74) is 2.47. The molecule has 0 spiro atoms. The summed E-state index contributed by atoms with van der Waals surface area (Å²) >= 11 is 0. The van der Waals surface area contributed by atoms with Gasteiger partial charge in [-0.2, -0.15) is 0 Å². The van der Waals surface area contributed by atoms with Crippen molar-refractivity contribution in [1.82, 2.24) is 9.80 Å². The molecule has 1 aromatic heterocycles. The average Bonchev–Trinajstić information content (AvgIpc) is 2.68. The van der Waals surface area contributed by atoms with Crippen molar-refractivity contribution in [3.05, 3.63) is 42.1 Å². The highest BCUT2D eigenvalue weighted by Crippen LogP contribution is 2.29. The summed E-state index contributed by atoms with van der Waals surface area (Å²) in [5, 5.41) is 10.8. The van der Waals surface area contributed by atoms with E-state index >= 15 is 0 Å². The highest BCUT2D eigenvalue weighted by Gasteiger charge is 2.36. The Morgan fingerprint density at radius 1 is 1.12 bits per heavy atom. The second kappa shape index (κ2) is 7.72. The van der Waals surface area contributed by atoms with E-state index in [2.05, 4.69) is 45.2 Å². The van der Waals surface area contributed by atoms with E-state index in [0.29, 0.717) is 0 Å². The molecule has 1 aliphatic heterocycles. The van der Waals surface area contributed by atoms with Gasteiger partial charge in [0.2, 0.25) is 5.52 Å². The molecule has 2 aliphatic rings. The summed E-state index contributed by atoms with van der Waals surface area (Å²) in [6.07, 6.45) is 6.22. The summed E-state index contributed by atoms with van der Waals surface area (Å²) in [5.74, 6) is -0.783.